The van der Waals surface area contributed by atoms with Crippen LogP contribution in [-0.2, 0) is 0 Å². The van der Waals surface area contributed by atoms with Crippen LogP contribution in [0, 0.1) is 0 Å². The lowest BCUT2D eigenvalue weighted by atomic mass is 10.1. The summed E-state index contributed by atoms with van der Waals surface area (Å²) in [7, 11) is 0. The van der Waals surface area contributed by atoms with Crippen molar-refractivity contribution in [2.45, 2.75) is 0 Å². The Balaban J connectivity index is 0.000000154. The van der Waals surface area contributed by atoms with Crippen LogP contribution in [0.25, 0.3) is 72.9 Å². The summed E-state index contributed by atoms with van der Waals surface area (Å²) in [5, 5.41) is 55.5. The molecule has 0 radical (unpaired) electrons. The third-order valence-corrected chi connectivity index (χ3v) is 12.1. The first-order chi connectivity index (χ1) is 44.1. The Hall–Kier alpha value is -12.7. The van der Waals surface area contributed by atoms with Gasteiger partial charge in [0.05, 0.1) is 0 Å². The van der Waals surface area contributed by atoms with Crippen LogP contribution in [0.2, 0.25) is 0 Å². The summed E-state index contributed by atoms with van der Waals surface area (Å²) in [6.45, 7) is 0. The van der Waals surface area contributed by atoms with E-state index in [0.717, 1.165) is 55.6 Å². The van der Waals surface area contributed by atoms with Gasteiger partial charge in [0.2, 0.25) is 0 Å². The number of phenolic OH excluding ortho intramolecular Hbond substituents is 6. The van der Waals surface area contributed by atoms with Crippen LogP contribution in [0.3, 0.4) is 0 Å². The summed E-state index contributed by atoms with van der Waals surface area (Å²) >= 11 is 0. The minimum atomic E-state index is 0.0235. The van der Waals surface area contributed by atoms with E-state index in [1.807, 2.05) is 109 Å². The Morgan fingerprint density at radius 2 is 0.278 bits per heavy atom. The quantitative estimate of drug-likeness (QED) is 0.0626. The van der Waals surface area contributed by atoms with Gasteiger partial charge in [-0.1, -0.05) is 97.2 Å². The van der Waals surface area contributed by atoms with Gasteiger partial charge < -0.3 is 30.6 Å². The van der Waals surface area contributed by atoms with Crippen molar-refractivity contribution in [3.05, 3.63) is 348 Å². The summed E-state index contributed by atoms with van der Waals surface area (Å²) in [6.07, 6.45) is 52.2. The summed E-state index contributed by atoms with van der Waals surface area (Å²) in [5.41, 5.74) is 12.5. The normalized spacial score (nSPS) is 10.7. The van der Waals surface area contributed by atoms with E-state index in [1.165, 1.54) is 12.1 Å². The van der Waals surface area contributed by atoms with Crippen LogP contribution in [0.15, 0.2) is 281 Å². The van der Waals surface area contributed by atoms with E-state index in [9.17, 15) is 20.4 Å². The molecule has 14 nitrogen and oxygen atoms in total. The lowest BCUT2D eigenvalue weighted by molar-refractivity contribution is 0.449. The van der Waals surface area contributed by atoms with Crippen molar-refractivity contribution in [3.63, 3.8) is 0 Å². The number of aromatic nitrogens is 8. The minimum absolute atomic E-state index is 0.0235. The highest BCUT2D eigenvalue weighted by atomic mass is 16.3. The van der Waals surface area contributed by atoms with E-state index in [1.54, 1.807) is 184 Å². The average molecular weight is 1190 g/mol. The fraction of sp³-hybridized carbons (Fsp3) is 0. The molecule has 444 valence electrons. The second-order valence-electron chi connectivity index (χ2n) is 19.0. The third-order valence-electron chi connectivity index (χ3n) is 12.1. The average Bonchev–Trinajstić information content (AvgIpc) is 3.76. The van der Waals surface area contributed by atoms with Gasteiger partial charge in [-0.15, -0.1) is 0 Å². The number of rotatable bonds is 12. The summed E-state index contributed by atoms with van der Waals surface area (Å²) in [6, 6.07) is 53.8. The maximum absolute atomic E-state index is 9.30. The first kappa shape index (κ1) is 64.9. The largest absolute Gasteiger partial charge is 0.508 e. The lowest BCUT2D eigenvalue weighted by Crippen LogP contribution is -1.74. The predicted molar refractivity (Wildman–Crippen MR) is 363 cm³/mol. The van der Waals surface area contributed by atoms with Crippen LogP contribution in [0.4, 0.5) is 0 Å². The molecular weight excluding hydrogens is 1120 g/mol. The van der Waals surface area contributed by atoms with Gasteiger partial charge in [-0.3, -0.25) is 39.9 Å². The molecule has 0 fully saturated rings. The molecule has 0 amide bonds. The molecule has 0 aliphatic carbocycles. The van der Waals surface area contributed by atoms with Crippen LogP contribution in [0.5, 0.6) is 34.5 Å². The second-order valence-corrected chi connectivity index (χ2v) is 19.0. The van der Waals surface area contributed by atoms with Crippen molar-refractivity contribution in [2.75, 3.05) is 0 Å². The Kier molecular flexibility index (Phi) is 27.1. The predicted octanol–water partition coefficient (Wildman–Crippen LogP) is 16.5. The Labute approximate surface area is 523 Å². The molecule has 0 spiro atoms. The number of hydrogen-bond acceptors (Lipinski definition) is 14. The zero-order valence-electron chi connectivity index (χ0n) is 48.7. The van der Waals surface area contributed by atoms with Crippen LogP contribution < -0.4 is 0 Å². The highest BCUT2D eigenvalue weighted by Gasteiger charge is 1.98. The molecule has 12 aromatic rings. The molecule has 12 rings (SSSR count). The molecule has 0 saturated heterocycles. The monoisotopic (exact) mass is 1180 g/mol. The van der Waals surface area contributed by atoms with Crippen LogP contribution in [0.1, 0.15) is 66.8 Å². The number of hydrogen-bond donors (Lipinski definition) is 6. The fourth-order valence-electron chi connectivity index (χ4n) is 7.55. The van der Waals surface area contributed by atoms with Crippen molar-refractivity contribution in [1.82, 2.24) is 39.9 Å². The number of nitrogens with zero attached hydrogens (tertiary/aromatic N) is 8. The zero-order valence-corrected chi connectivity index (χ0v) is 48.7. The molecule has 14 heteroatoms. The minimum Gasteiger partial charge on any atom is -0.508 e. The lowest BCUT2D eigenvalue weighted by Gasteiger charge is -1.98. The SMILES string of the molecule is C(=C\c1ccncc1)/c1ccncc1.C(=C\c1ccncc1)/c1ccncc1.C(=C\c1ccncc1)/c1ccncc1.C(=C\c1ccncc1)/c1ccncc1.Oc1ccc(/C=C/c2cc(O)cc(O)c2)cc1.Oc1ccc(/C=C/c2cc(O)cc(O)c2)cc1. The highest BCUT2D eigenvalue weighted by molar-refractivity contribution is 5.74. The molecule has 90 heavy (non-hydrogen) atoms. The number of pyridine rings is 8. The molecule has 8 aromatic heterocycles. The molecule has 0 saturated carbocycles. The van der Waals surface area contributed by atoms with E-state index >= 15 is 0 Å². The molecule has 0 bridgehead atoms. The van der Waals surface area contributed by atoms with Crippen LogP contribution >= 0.6 is 0 Å². The van der Waals surface area contributed by atoms with E-state index in [4.69, 9.17) is 10.2 Å². The Bertz CT molecular complexity index is 3480. The van der Waals surface area contributed by atoms with Gasteiger partial charge in [0.25, 0.3) is 0 Å². The van der Waals surface area contributed by atoms with E-state index in [-0.39, 0.29) is 34.5 Å². The van der Waals surface area contributed by atoms with Gasteiger partial charge in [0.1, 0.15) is 34.5 Å². The molecule has 0 aliphatic rings. The standard InChI is InChI=1S/2C14H12O3.4C12H10N2/c2*15-12-5-3-10(4-6-12)1-2-11-7-13(16)9-14(17)8-11;4*1(11-3-7-13-8-4-11)2-12-5-9-14-10-6-12/h2*1-9,15-17H;4*1-10H/b6*2-1+. The van der Waals surface area contributed by atoms with Gasteiger partial charge in [0.15, 0.2) is 0 Å². The van der Waals surface area contributed by atoms with Crippen molar-refractivity contribution in [3.8, 4) is 34.5 Å². The maximum atomic E-state index is 9.30. The van der Waals surface area contributed by atoms with Gasteiger partial charge in [-0.25, -0.2) is 0 Å². The topological polar surface area (TPSA) is 224 Å². The molecule has 0 unspecified atom stereocenters. The Morgan fingerprint density at radius 3 is 0.433 bits per heavy atom. The smallest absolute Gasteiger partial charge is 0.119 e. The molecule has 0 atom stereocenters. The van der Waals surface area contributed by atoms with Crippen molar-refractivity contribution in [1.29, 1.82) is 0 Å². The summed E-state index contributed by atoms with van der Waals surface area (Å²) in [5.74, 6) is 0.533. The number of phenols is 6. The van der Waals surface area contributed by atoms with Crippen molar-refractivity contribution >= 4 is 72.9 Å². The number of benzene rings is 4. The summed E-state index contributed by atoms with van der Waals surface area (Å²) < 4.78 is 0. The zero-order chi connectivity index (χ0) is 63.1. The molecule has 0 aliphatic heterocycles. The summed E-state index contributed by atoms with van der Waals surface area (Å²) in [4.78, 5) is 31.7. The second kappa shape index (κ2) is 37.6. The fourth-order valence-corrected chi connectivity index (χ4v) is 7.55. The molecule has 4 aromatic carbocycles. The van der Waals surface area contributed by atoms with E-state index < -0.39 is 0 Å². The first-order valence-electron chi connectivity index (χ1n) is 28.0. The first-order valence-corrected chi connectivity index (χ1v) is 28.0. The van der Waals surface area contributed by atoms with Crippen LogP contribution in [-0.4, -0.2) is 70.5 Å². The van der Waals surface area contributed by atoms with E-state index in [2.05, 4.69) is 88.5 Å². The third kappa shape index (κ3) is 26.5. The van der Waals surface area contributed by atoms with E-state index in [0.29, 0.717) is 11.1 Å². The number of aromatic hydroxyl groups is 6. The van der Waals surface area contributed by atoms with Gasteiger partial charge >= 0.3 is 0 Å². The maximum Gasteiger partial charge on any atom is 0.119 e. The molecular formula is C76H64N8O6. The highest BCUT2D eigenvalue weighted by Crippen LogP contribution is 2.24. The van der Waals surface area contributed by atoms with Gasteiger partial charge in [0, 0.05) is 111 Å². The molecule has 8 heterocycles. The van der Waals surface area contributed by atoms with Crippen molar-refractivity contribution < 1.29 is 30.6 Å². The van der Waals surface area contributed by atoms with Crippen molar-refractivity contribution in [2.24, 2.45) is 0 Å². The molecule has 6 N–H and O–H groups in total. The van der Waals surface area contributed by atoms with Gasteiger partial charge in [-0.2, -0.15) is 0 Å². The van der Waals surface area contributed by atoms with Gasteiger partial charge in [-0.05, 0) is 212 Å². The Morgan fingerprint density at radius 1 is 0.144 bits per heavy atom.